The summed E-state index contributed by atoms with van der Waals surface area (Å²) in [5, 5.41) is 13.0. The highest BCUT2D eigenvalue weighted by Gasteiger charge is 2.36. The molecule has 5 nitrogen and oxygen atoms in total. The molecule has 2 heterocycles. The lowest BCUT2D eigenvalue weighted by molar-refractivity contribution is -0.0893. The van der Waals surface area contributed by atoms with Crippen LogP contribution in [-0.2, 0) is 4.65 Å². The molecule has 0 aliphatic rings. The zero-order chi connectivity index (χ0) is 31.9. The van der Waals surface area contributed by atoms with Gasteiger partial charge in [0, 0.05) is 27.5 Å². The highest BCUT2D eigenvalue weighted by Crippen LogP contribution is 2.33. The van der Waals surface area contributed by atoms with Gasteiger partial charge in [0.2, 0.25) is 0 Å². The van der Waals surface area contributed by atoms with Crippen LogP contribution in [0.4, 0.5) is 0 Å². The topological polar surface area (TPSA) is 68.4 Å². The fraction of sp³-hybridized carbons (Fsp3) is 0.150. The van der Waals surface area contributed by atoms with Crippen LogP contribution < -0.4 is 5.46 Å². The predicted octanol–water partition coefficient (Wildman–Crippen LogP) is 8.59. The number of aliphatic hydroxyl groups is 1. The third-order valence-electron chi connectivity index (χ3n) is 8.98. The van der Waals surface area contributed by atoms with Gasteiger partial charge in [-0.3, -0.25) is 0 Å². The van der Waals surface area contributed by atoms with Gasteiger partial charge in [-0.25, -0.2) is 9.97 Å². The lowest BCUT2D eigenvalue weighted by Crippen LogP contribution is -2.49. The van der Waals surface area contributed by atoms with Gasteiger partial charge in [0.1, 0.15) is 11.2 Å². The summed E-state index contributed by atoms with van der Waals surface area (Å²) in [6.45, 7) is 7.37. The van der Waals surface area contributed by atoms with Gasteiger partial charge in [0.05, 0.1) is 22.6 Å². The molecule has 6 heteroatoms. The first-order valence-electron chi connectivity index (χ1n) is 15.6. The summed E-state index contributed by atoms with van der Waals surface area (Å²) >= 11 is 0. The van der Waals surface area contributed by atoms with Gasteiger partial charge in [-0.05, 0) is 68.6 Å². The van der Waals surface area contributed by atoms with Gasteiger partial charge in [-0.2, -0.15) is 0 Å². The fourth-order valence-corrected chi connectivity index (χ4v) is 5.55. The normalized spacial score (nSPS) is 12.1. The van der Waals surface area contributed by atoms with E-state index < -0.39 is 11.2 Å². The Morgan fingerprint density at radius 2 is 1.17 bits per heavy atom. The maximum atomic E-state index is 10.9. The summed E-state index contributed by atoms with van der Waals surface area (Å²) in [5.41, 5.74) is 7.47. The van der Waals surface area contributed by atoms with E-state index in [0.717, 1.165) is 66.6 Å². The zero-order valence-corrected chi connectivity index (χ0v) is 26.5. The van der Waals surface area contributed by atoms with Crippen LogP contribution in [0.3, 0.4) is 0 Å². The molecule has 1 N–H and O–H groups in total. The van der Waals surface area contributed by atoms with Crippen molar-refractivity contribution in [1.82, 2.24) is 9.97 Å². The molecule has 7 rings (SSSR count). The molecular weight excluding hydrogens is 567 g/mol. The number of rotatable bonds is 8. The number of benzene rings is 5. The van der Waals surface area contributed by atoms with E-state index in [4.69, 9.17) is 19.0 Å². The number of furan rings is 1. The molecule has 0 bridgehead atoms. The smallest absolute Gasteiger partial charge is 0.310 e. The Balaban J connectivity index is 1.37. The molecule has 46 heavy (non-hydrogen) atoms. The van der Waals surface area contributed by atoms with Crippen molar-refractivity contribution in [2.24, 2.45) is 0 Å². The molecule has 0 aliphatic heterocycles. The van der Waals surface area contributed by atoms with Crippen LogP contribution in [0, 0.1) is 0 Å². The lowest BCUT2D eigenvalue weighted by Gasteiger charge is -2.37. The van der Waals surface area contributed by atoms with E-state index in [1.807, 2.05) is 74.5 Å². The average Bonchev–Trinajstić information content (AvgIpc) is 3.45. The molecule has 7 aromatic rings. The minimum Gasteiger partial charge on any atom is -0.456 e. The molecular formula is C40H35BN2O3. The first-order valence-corrected chi connectivity index (χ1v) is 15.6. The zero-order valence-electron chi connectivity index (χ0n) is 26.5. The van der Waals surface area contributed by atoms with Crippen molar-refractivity contribution >= 4 is 34.9 Å². The van der Waals surface area contributed by atoms with Crippen LogP contribution in [0.1, 0.15) is 27.7 Å². The number of hydrogen-bond acceptors (Lipinski definition) is 5. The van der Waals surface area contributed by atoms with Gasteiger partial charge in [-0.15, -0.1) is 0 Å². The summed E-state index contributed by atoms with van der Waals surface area (Å²) < 4.78 is 12.7. The monoisotopic (exact) mass is 602 g/mol. The summed E-state index contributed by atoms with van der Waals surface area (Å²) in [5.74, 6) is 0.627. The van der Waals surface area contributed by atoms with Crippen LogP contribution in [0.5, 0.6) is 0 Å². The molecule has 226 valence electrons. The molecule has 0 saturated carbocycles. The van der Waals surface area contributed by atoms with E-state index in [0.29, 0.717) is 5.82 Å². The van der Waals surface area contributed by atoms with Crippen molar-refractivity contribution < 1.29 is 14.2 Å². The summed E-state index contributed by atoms with van der Waals surface area (Å²) in [4.78, 5) is 10.1. The van der Waals surface area contributed by atoms with E-state index in [1.165, 1.54) is 0 Å². The fourth-order valence-electron chi connectivity index (χ4n) is 5.55. The summed E-state index contributed by atoms with van der Waals surface area (Å²) in [7, 11) is 0.280. The Hall–Kier alpha value is -5.04. The van der Waals surface area contributed by atoms with Crippen LogP contribution in [0.2, 0.25) is 0 Å². The molecule has 2 aromatic heterocycles. The van der Waals surface area contributed by atoms with Gasteiger partial charge >= 0.3 is 7.48 Å². The van der Waals surface area contributed by atoms with E-state index in [-0.39, 0.29) is 7.48 Å². The molecule has 0 radical (unpaired) electrons. The third kappa shape index (κ3) is 5.73. The first-order chi connectivity index (χ1) is 22.2. The van der Waals surface area contributed by atoms with Crippen molar-refractivity contribution in [3.63, 3.8) is 0 Å². The van der Waals surface area contributed by atoms with Gasteiger partial charge in [-0.1, -0.05) is 103 Å². The predicted molar refractivity (Wildman–Crippen MR) is 189 cm³/mol. The van der Waals surface area contributed by atoms with Crippen molar-refractivity contribution in [1.29, 1.82) is 0 Å². The summed E-state index contributed by atoms with van der Waals surface area (Å²) in [6.07, 6.45) is 0. The minimum absolute atomic E-state index is 0.280. The second-order valence-corrected chi connectivity index (χ2v) is 12.7. The molecule has 5 aromatic carbocycles. The number of hydrogen-bond donors (Lipinski definition) is 1. The van der Waals surface area contributed by atoms with E-state index in [9.17, 15) is 5.11 Å². The summed E-state index contributed by atoms with van der Waals surface area (Å²) in [6, 6.07) is 43.1. The third-order valence-corrected chi connectivity index (χ3v) is 8.98. The van der Waals surface area contributed by atoms with Crippen LogP contribution in [0.15, 0.2) is 132 Å². The minimum atomic E-state index is -1.05. The van der Waals surface area contributed by atoms with Crippen LogP contribution >= 0.6 is 0 Å². The molecule has 0 fully saturated rings. The van der Waals surface area contributed by atoms with Gasteiger partial charge < -0.3 is 14.2 Å². The molecule has 0 atom stereocenters. The van der Waals surface area contributed by atoms with Gasteiger partial charge in [0.15, 0.2) is 5.82 Å². The first kappa shape index (κ1) is 29.7. The van der Waals surface area contributed by atoms with Crippen molar-refractivity contribution in [2.45, 2.75) is 38.9 Å². The van der Waals surface area contributed by atoms with Crippen molar-refractivity contribution in [3.05, 3.63) is 127 Å². The lowest BCUT2D eigenvalue weighted by atomic mass is 9.78. The number of nitrogens with zero attached hydrogens (tertiary/aromatic N) is 2. The van der Waals surface area contributed by atoms with E-state index in [1.54, 1.807) is 13.8 Å². The van der Waals surface area contributed by atoms with Crippen LogP contribution in [0.25, 0.3) is 67.0 Å². The quantitative estimate of drug-likeness (QED) is 0.177. The maximum absolute atomic E-state index is 10.9. The highest BCUT2D eigenvalue weighted by atomic mass is 16.5. The molecule has 0 aliphatic carbocycles. The highest BCUT2D eigenvalue weighted by molar-refractivity contribution is 6.49. The maximum Gasteiger partial charge on any atom is 0.310 e. The molecule has 0 spiro atoms. The van der Waals surface area contributed by atoms with E-state index >= 15 is 0 Å². The molecule has 0 saturated heterocycles. The Morgan fingerprint density at radius 1 is 0.587 bits per heavy atom. The van der Waals surface area contributed by atoms with Crippen molar-refractivity contribution in [2.75, 3.05) is 0 Å². The Labute approximate surface area is 269 Å². The molecule has 0 unspecified atom stereocenters. The largest absolute Gasteiger partial charge is 0.456 e. The SMILES string of the molecule is CC(C)(O)C(C)(C)OBc1cc(-c2nc(-c3ccccc3)cc(-c3ccccc3)n2)ccc1-c1ccc2c(c1)oc1ccccc12. The van der Waals surface area contributed by atoms with E-state index in [2.05, 4.69) is 66.7 Å². The number of para-hydroxylation sites is 1. The van der Waals surface area contributed by atoms with Crippen LogP contribution in [-0.4, -0.2) is 33.8 Å². The standard InChI is InChI=1S/C40H35BN2O3/c1-39(2,44)40(3,4)46-41-33-23-29(20-21-30(33)28-19-22-32-31-17-11-12-18-36(31)45-37(32)24-28)38-42-34(26-13-7-5-8-14-26)25-35(43-38)27-15-9-6-10-16-27/h5-25,41,44H,1-4H3. The Bertz CT molecular complexity index is 2110. The molecule has 0 amide bonds. The number of aromatic nitrogens is 2. The average molecular weight is 603 g/mol. The van der Waals surface area contributed by atoms with Crippen molar-refractivity contribution in [3.8, 4) is 45.0 Å². The Morgan fingerprint density at radius 3 is 1.83 bits per heavy atom. The Kier molecular flexibility index (Phi) is 7.56. The second-order valence-electron chi connectivity index (χ2n) is 12.7. The second kappa shape index (κ2) is 11.7. The van der Waals surface area contributed by atoms with Gasteiger partial charge in [0.25, 0.3) is 0 Å². The number of fused-ring (bicyclic) bond motifs is 3.